The van der Waals surface area contributed by atoms with Gasteiger partial charge in [-0.25, -0.2) is 0 Å². The second kappa shape index (κ2) is 6.87. The Morgan fingerprint density at radius 1 is 0.850 bits per heavy atom. The van der Waals surface area contributed by atoms with Gasteiger partial charge in [0.15, 0.2) is 6.29 Å². The lowest BCUT2D eigenvalue weighted by Crippen LogP contribution is -2.06. The summed E-state index contributed by atoms with van der Waals surface area (Å²) in [5, 5.41) is 2.75. The Hall–Kier alpha value is -1.38. The van der Waals surface area contributed by atoms with E-state index in [1.807, 2.05) is 0 Å². The molecule has 1 aliphatic rings. The molecule has 0 aromatic heterocycles. The Labute approximate surface area is 120 Å². The summed E-state index contributed by atoms with van der Waals surface area (Å²) in [5.41, 5.74) is 1.47. The van der Waals surface area contributed by atoms with Crippen LogP contribution in [0, 0.1) is 0 Å². The topological polar surface area (TPSA) is 18.5 Å². The van der Waals surface area contributed by atoms with Crippen molar-refractivity contribution in [2.45, 2.75) is 38.4 Å². The first-order valence-corrected chi connectivity index (χ1v) is 7.63. The third kappa shape index (κ3) is 3.38. The van der Waals surface area contributed by atoms with Gasteiger partial charge in [-0.05, 0) is 42.0 Å². The minimum Gasteiger partial charge on any atom is -0.350 e. The fourth-order valence-electron chi connectivity index (χ4n) is 2.89. The van der Waals surface area contributed by atoms with Gasteiger partial charge in [0.1, 0.15) is 0 Å². The molecule has 2 aromatic rings. The largest absolute Gasteiger partial charge is 0.350 e. The SMILES string of the molecule is c1ccc2c(CCCCCC3OCCO3)cccc2c1. The highest BCUT2D eigenvalue weighted by Gasteiger charge is 2.14. The van der Waals surface area contributed by atoms with Gasteiger partial charge in [0.25, 0.3) is 0 Å². The lowest BCUT2D eigenvalue weighted by atomic mass is 9.99. The van der Waals surface area contributed by atoms with Crippen LogP contribution in [0.5, 0.6) is 0 Å². The van der Waals surface area contributed by atoms with Crippen LogP contribution in [0.25, 0.3) is 10.8 Å². The molecular formula is C18H22O2. The number of benzene rings is 2. The highest BCUT2D eigenvalue weighted by Crippen LogP contribution is 2.21. The van der Waals surface area contributed by atoms with E-state index in [9.17, 15) is 0 Å². The summed E-state index contributed by atoms with van der Waals surface area (Å²) in [7, 11) is 0. The van der Waals surface area contributed by atoms with Crippen molar-refractivity contribution in [3.05, 3.63) is 48.0 Å². The van der Waals surface area contributed by atoms with Crippen molar-refractivity contribution in [3.8, 4) is 0 Å². The van der Waals surface area contributed by atoms with Crippen molar-refractivity contribution in [1.82, 2.24) is 0 Å². The summed E-state index contributed by atoms with van der Waals surface area (Å²) in [5.74, 6) is 0. The first kappa shape index (κ1) is 13.6. The Balaban J connectivity index is 1.47. The summed E-state index contributed by atoms with van der Waals surface area (Å²) in [6.45, 7) is 1.53. The molecule has 0 amide bonds. The molecule has 0 atom stereocenters. The average Bonchev–Trinajstić information content (AvgIpc) is 3.00. The lowest BCUT2D eigenvalue weighted by molar-refractivity contribution is -0.0479. The van der Waals surface area contributed by atoms with E-state index in [2.05, 4.69) is 42.5 Å². The summed E-state index contributed by atoms with van der Waals surface area (Å²) >= 11 is 0. The molecule has 0 spiro atoms. The van der Waals surface area contributed by atoms with Crippen LogP contribution < -0.4 is 0 Å². The van der Waals surface area contributed by atoms with E-state index in [0.29, 0.717) is 0 Å². The number of hydrogen-bond acceptors (Lipinski definition) is 2. The van der Waals surface area contributed by atoms with Crippen molar-refractivity contribution in [1.29, 1.82) is 0 Å². The number of unbranched alkanes of at least 4 members (excludes halogenated alkanes) is 2. The molecule has 0 unspecified atom stereocenters. The van der Waals surface area contributed by atoms with Crippen molar-refractivity contribution < 1.29 is 9.47 Å². The van der Waals surface area contributed by atoms with Crippen LogP contribution in [0.15, 0.2) is 42.5 Å². The van der Waals surface area contributed by atoms with Crippen LogP contribution in [-0.4, -0.2) is 19.5 Å². The molecule has 1 saturated heterocycles. The van der Waals surface area contributed by atoms with E-state index in [1.165, 1.54) is 35.6 Å². The van der Waals surface area contributed by atoms with Crippen LogP contribution in [0.2, 0.25) is 0 Å². The van der Waals surface area contributed by atoms with E-state index < -0.39 is 0 Å². The van der Waals surface area contributed by atoms with Gasteiger partial charge in [0.2, 0.25) is 0 Å². The summed E-state index contributed by atoms with van der Waals surface area (Å²) in [6, 6.07) is 15.3. The molecule has 1 fully saturated rings. The third-order valence-electron chi connectivity index (χ3n) is 3.96. The first-order chi connectivity index (χ1) is 9.93. The fourth-order valence-corrected chi connectivity index (χ4v) is 2.89. The lowest BCUT2D eigenvalue weighted by Gasteiger charge is -2.09. The number of ether oxygens (including phenoxy) is 2. The van der Waals surface area contributed by atoms with Gasteiger partial charge in [-0.15, -0.1) is 0 Å². The quantitative estimate of drug-likeness (QED) is 0.728. The van der Waals surface area contributed by atoms with Gasteiger partial charge in [0.05, 0.1) is 13.2 Å². The van der Waals surface area contributed by atoms with Crippen molar-refractivity contribution in [2.24, 2.45) is 0 Å². The number of aryl methyl sites for hydroxylation is 1. The van der Waals surface area contributed by atoms with Crippen molar-refractivity contribution in [2.75, 3.05) is 13.2 Å². The molecule has 1 heterocycles. The summed E-state index contributed by atoms with van der Waals surface area (Å²) < 4.78 is 10.9. The molecule has 0 radical (unpaired) electrons. The monoisotopic (exact) mass is 270 g/mol. The Bertz CT molecular complexity index is 539. The predicted octanol–water partition coefficient (Wildman–Crippen LogP) is 4.32. The molecule has 1 aliphatic heterocycles. The smallest absolute Gasteiger partial charge is 0.157 e. The molecule has 2 aromatic carbocycles. The summed E-state index contributed by atoms with van der Waals surface area (Å²) in [6.07, 6.45) is 5.93. The van der Waals surface area contributed by atoms with Gasteiger partial charge in [-0.2, -0.15) is 0 Å². The van der Waals surface area contributed by atoms with Gasteiger partial charge in [0, 0.05) is 0 Å². The van der Waals surface area contributed by atoms with Gasteiger partial charge >= 0.3 is 0 Å². The number of rotatable bonds is 6. The molecule has 2 nitrogen and oxygen atoms in total. The van der Waals surface area contributed by atoms with Gasteiger partial charge in [-0.3, -0.25) is 0 Å². The van der Waals surface area contributed by atoms with E-state index in [1.54, 1.807) is 0 Å². The van der Waals surface area contributed by atoms with Crippen LogP contribution in [0.1, 0.15) is 31.2 Å². The Kier molecular flexibility index (Phi) is 4.67. The minimum absolute atomic E-state index is 0.0626. The maximum atomic E-state index is 5.45. The molecular weight excluding hydrogens is 248 g/mol. The summed E-state index contributed by atoms with van der Waals surface area (Å²) in [4.78, 5) is 0. The highest BCUT2D eigenvalue weighted by atomic mass is 16.7. The Morgan fingerprint density at radius 2 is 1.65 bits per heavy atom. The van der Waals surface area contributed by atoms with E-state index >= 15 is 0 Å². The van der Waals surface area contributed by atoms with Crippen molar-refractivity contribution >= 4 is 10.8 Å². The zero-order valence-electron chi connectivity index (χ0n) is 11.9. The second-order valence-corrected chi connectivity index (χ2v) is 5.41. The van der Waals surface area contributed by atoms with Crippen LogP contribution in [-0.2, 0) is 15.9 Å². The van der Waals surface area contributed by atoms with Crippen molar-refractivity contribution in [3.63, 3.8) is 0 Å². The highest BCUT2D eigenvalue weighted by molar-refractivity contribution is 5.85. The van der Waals surface area contributed by atoms with E-state index in [4.69, 9.17) is 9.47 Å². The maximum Gasteiger partial charge on any atom is 0.157 e. The number of hydrogen-bond donors (Lipinski definition) is 0. The van der Waals surface area contributed by atoms with Crippen LogP contribution >= 0.6 is 0 Å². The zero-order valence-corrected chi connectivity index (χ0v) is 11.9. The average molecular weight is 270 g/mol. The normalized spacial score (nSPS) is 16.0. The molecule has 20 heavy (non-hydrogen) atoms. The van der Waals surface area contributed by atoms with Gasteiger partial charge in [-0.1, -0.05) is 48.9 Å². The zero-order chi connectivity index (χ0) is 13.6. The molecule has 106 valence electrons. The molecule has 2 heteroatoms. The molecule has 0 aliphatic carbocycles. The predicted molar refractivity (Wildman–Crippen MR) is 81.8 cm³/mol. The van der Waals surface area contributed by atoms with Gasteiger partial charge < -0.3 is 9.47 Å². The molecule has 0 saturated carbocycles. The first-order valence-electron chi connectivity index (χ1n) is 7.63. The maximum absolute atomic E-state index is 5.45. The Morgan fingerprint density at radius 3 is 2.55 bits per heavy atom. The van der Waals surface area contributed by atoms with E-state index in [-0.39, 0.29) is 6.29 Å². The third-order valence-corrected chi connectivity index (χ3v) is 3.96. The van der Waals surface area contributed by atoms with Crippen LogP contribution in [0.4, 0.5) is 0 Å². The van der Waals surface area contributed by atoms with Crippen LogP contribution in [0.3, 0.4) is 0 Å². The van der Waals surface area contributed by atoms with E-state index in [0.717, 1.165) is 26.1 Å². The second-order valence-electron chi connectivity index (χ2n) is 5.41. The minimum atomic E-state index is 0.0626. The number of fused-ring (bicyclic) bond motifs is 1. The fraction of sp³-hybridized carbons (Fsp3) is 0.444. The molecule has 3 rings (SSSR count). The standard InChI is InChI=1S/C18H22O2/c1(3-12-18-19-13-14-20-18)2-7-15-9-6-10-16-8-4-5-11-17(15)16/h4-6,8-11,18H,1-3,7,12-14H2. The molecule has 0 N–H and O–H groups in total. The molecule has 0 bridgehead atoms.